The second-order valence-corrected chi connectivity index (χ2v) is 25.3. The van der Waals surface area contributed by atoms with Crippen LogP contribution in [0, 0.1) is 45.3 Å². The minimum Gasteiger partial charge on any atom is -0.394 e. The summed E-state index contributed by atoms with van der Waals surface area (Å²) >= 11 is 0. The Hall–Kier alpha value is -1.14. The number of rotatable bonds is 15. The lowest BCUT2D eigenvalue weighted by Crippen LogP contribution is -2.68. The second-order valence-electron chi connectivity index (χ2n) is 25.3. The number of hydrogen-bond acceptors (Lipinski definition) is 22. The highest BCUT2D eigenvalue weighted by molar-refractivity contribution is 5.20. The lowest BCUT2D eigenvalue weighted by molar-refractivity contribution is -0.395. The van der Waals surface area contributed by atoms with Gasteiger partial charge in [-0.15, -0.1) is 0 Å². The molecule has 434 valence electrons. The molecule has 4 saturated carbocycles. The van der Waals surface area contributed by atoms with Crippen LogP contribution in [0.15, 0.2) is 11.6 Å². The van der Waals surface area contributed by atoms with E-state index in [1.165, 1.54) is 0 Å². The van der Waals surface area contributed by atoms with E-state index in [1.54, 1.807) is 0 Å². The molecule has 14 N–H and O–H groups in total. The molecule has 0 aromatic rings. The Morgan fingerprint density at radius 1 is 0.560 bits per heavy atom. The van der Waals surface area contributed by atoms with Crippen molar-refractivity contribution in [3.8, 4) is 0 Å². The zero-order valence-corrected chi connectivity index (χ0v) is 44.7. The summed E-state index contributed by atoms with van der Waals surface area (Å²) in [6.07, 6.45) is -23.6. The van der Waals surface area contributed by atoms with Crippen LogP contribution in [0.3, 0.4) is 0 Å². The normalized spacial score (nSPS) is 52.7. The van der Waals surface area contributed by atoms with E-state index in [2.05, 4.69) is 40.7 Å². The molecular formula is C53H90O22. The van der Waals surface area contributed by atoms with Crippen LogP contribution in [-0.2, 0) is 37.9 Å². The molecule has 0 amide bonds. The number of aliphatic hydroxyl groups is 14. The minimum absolute atomic E-state index is 0.0274. The summed E-state index contributed by atoms with van der Waals surface area (Å²) in [4.78, 5) is 0. The van der Waals surface area contributed by atoms with Gasteiger partial charge in [0.2, 0.25) is 0 Å². The standard InChI is InChI=1S/C53H90O22/c1-23(2)10-9-14-53(8,75-46-42(67)38(63)35(60)27(19-54)69-46)24-11-16-52(7)33(24)25(57)18-31-50(5)15-13-32(49(3,4)30(50)12-17-51(31,52)6)72-47-43(39(64)36(61)28(20-55)70-47)74-48-44(40(65)37(62)29(21-56)71-48)73-45-41(66)34(59)26(58)22-68-45/h10,24-48,54-67H,9,11-22H2,1-8H3/t24-,25+,26+,27+,28+,29+,30?,31+,32-,33?,34-,35+,36+,37+,38-,39-,40-,41+,42+,43+,44+,45-,46-,47-,48-,50-,51+,52+,53-/m0/s1. The predicted octanol–water partition coefficient (Wildman–Crippen LogP) is -1.56. The van der Waals surface area contributed by atoms with Gasteiger partial charge >= 0.3 is 0 Å². The van der Waals surface area contributed by atoms with E-state index in [0.29, 0.717) is 38.5 Å². The molecule has 2 unspecified atom stereocenters. The first-order chi connectivity index (χ1) is 35.1. The second kappa shape index (κ2) is 22.7. The first-order valence-electron chi connectivity index (χ1n) is 27.3. The summed E-state index contributed by atoms with van der Waals surface area (Å²) in [5.41, 5.74) is -1.39. The van der Waals surface area contributed by atoms with Crippen molar-refractivity contribution in [2.24, 2.45) is 45.3 Å². The Bertz CT molecular complexity index is 1940. The van der Waals surface area contributed by atoms with Crippen molar-refractivity contribution in [3.05, 3.63) is 11.6 Å². The first-order valence-corrected chi connectivity index (χ1v) is 27.3. The van der Waals surface area contributed by atoms with Crippen molar-refractivity contribution in [2.45, 2.75) is 248 Å². The van der Waals surface area contributed by atoms with E-state index in [4.69, 9.17) is 37.9 Å². The van der Waals surface area contributed by atoms with Crippen molar-refractivity contribution in [3.63, 3.8) is 0 Å². The van der Waals surface area contributed by atoms with Crippen LogP contribution in [0.25, 0.3) is 0 Å². The molecule has 0 aromatic carbocycles. The molecule has 22 heteroatoms. The maximum Gasteiger partial charge on any atom is 0.187 e. The van der Waals surface area contributed by atoms with Gasteiger partial charge in [0.1, 0.15) is 91.6 Å². The van der Waals surface area contributed by atoms with Gasteiger partial charge in [-0.3, -0.25) is 0 Å². The maximum atomic E-state index is 12.8. The predicted molar refractivity (Wildman–Crippen MR) is 260 cm³/mol. The van der Waals surface area contributed by atoms with Crippen molar-refractivity contribution >= 4 is 0 Å². The third-order valence-electron chi connectivity index (χ3n) is 20.5. The number of fused-ring (bicyclic) bond motifs is 5. The Kier molecular flexibility index (Phi) is 18.1. The Labute approximate surface area is 439 Å². The summed E-state index contributed by atoms with van der Waals surface area (Å²) in [6, 6.07) is 0. The van der Waals surface area contributed by atoms with Gasteiger partial charge < -0.3 is 109 Å². The average Bonchev–Trinajstić information content (AvgIpc) is 3.76. The fourth-order valence-electron chi connectivity index (χ4n) is 16.1. The van der Waals surface area contributed by atoms with Crippen LogP contribution in [-0.4, -0.2) is 232 Å². The number of aliphatic hydroxyl groups excluding tert-OH is 14. The fraction of sp³-hybridized carbons (Fsp3) is 0.962. The van der Waals surface area contributed by atoms with Gasteiger partial charge in [0.25, 0.3) is 0 Å². The summed E-state index contributed by atoms with van der Waals surface area (Å²) in [7, 11) is 0. The number of ether oxygens (including phenoxy) is 8. The molecule has 8 aliphatic rings. The molecule has 4 aliphatic carbocycles. The largest absolute Gasteiger partial charge is 0.394 e. The van der Waals surface area contributed by atoms with E-state index in [1.807, 2.05) is 20.8 Å². The average molecular weight is 1080 g/mol. The van der Waals surface area contributed by atoms with E-state index >= 15 is 0 Å². The summed E-state index contributed by atoms with van der Waals surface area (Å²) < 4.78 is 49.3. The molecular weight excluding hydrogens is 989 g/mol. The zero-order valence-electron chi connectivity index (χ0n) is 44.7. The Morgan fingerprint density at radius 3 is 1.65 bits per heavy atom. The first kappa shape index (κ1) is 60.0. The lowest BCUT2D eigenvalue weighted by atomic mass is 9.35. The van der Waals surface area contributed by atoms with Gasteiger partial charge in [-0.1, -0.05) is 46.3 Å². The van der Waals surface area contributed by atoms with Gasteiger partial charge in [0, 0.05) is 0 Å². The van der Waals surface area contributed by atoms with Gasteiger partial charge in [-0.2, -0.15) is 0 Å². The molecule has 29 atom stereocenters. The van der Waals surface area contributed by atoms with Crippen LogP contribution in [0.2, 0.25) is 0 Å². The molecule has 22 nitrogen and oxygen atoms in total. The van der Waals surface area contributed by atoms with Gasteiger partial charge in [-0.05, 0) is 124 Å². The molecule has 4 saturated heterocycles. The molecule has 8 rings (SSSR count). The molecule has 0 aromatic heterocycles. The summed E-state index contributed by atoms with van der Waals surface area (Å²) in [6.45, 7) is 14.7. The summed E-state index contributed by atoms with van der Waals surface area (Å²) in [5, 5.41) is 152. The van der Waals surface area contributed by atoms with Crippen LogP contribution in [0.4, 0.5) is 0 Å². The highest BCUT2D eigenvalue weighted by Crippen LogP contribution is 2.76. The third kappa shape index (κ3) is 10.5. The van der Waals surface area contributed by atoms with Crippen molar-refractivity contribution in [1.82, 2.24) is 0 Å². The van der Waals surface area contributed by atoms with Gasteiger partial charge in [0.15, 0.2) is 25.2 Å². The van der Waals surface area contributed by atoms with Crippen molar-refractivity contribution < 1.29 is 109 Å². The molecule has 0 spiro atoms. The van der Waals surface area contributed by atoms with Crippen molar-refractivity contribution in [2.75, 3.05) is 26.4 Å². The molecule has 4 heterocycles. The van der Waals surface area contributed by atoms with E-state index in [-0.39, 0.29) is 39.9 Å². The highest BCUT2D eigenvalue weighted by Gasteiger charge is 2.72. The van der Waals surface area contributed by atoms with Gasteiger partial charge in [-0.25, -0.2) is 0 Å². The lowest BCUT2D eigenvalue weighted by Gasteiger charge is -2.71. The molecule has 4 aliphatic heterocycles. The summed E-state index contributed by atoms with van der Waals surface area (Å²) in [5.74, 6) is -0.332. The molecule has 0 radical (unpaired) electrons. The quantitative estimate of drug-likeness (QED) is 0.0651. The van der Waals surface area contributed by atoms with Crippen LogP contribution < -0.4 is 0 Å². The zero-order chi connectivity index (χ0) is 55.1. The number of allylic oxidation sites excluding steroid dienone is 2. The van der Waals surface area contributed by atoms with Crippen LogP contribution in [0.1, 0.15) is 113 Å². The molecule has 0 bridgehead atoms. The van der Waals surface area contributed by atoms with Gasteiger partial charge in [0.05, 0.1) is 44.2 Å². The van der Waals surface area contributed by atoms with Crippen molar-refractivity contribution in [1.29, 1.82) is 0 Å². The minimum atomic E-state index is -1.86. The maximum absolute atomic E-state index is 12.8. The SMILES string of the molecule is CC(C)=CCC[C@](C)(O[C@@H]1O[C@H](CO)[C@@H](O)[C@H](O)[C@H]1O)[C@H]1CC[C@]2(C)C1[C@H](O)C[C@@H]1[C@@]3(C)CC[C@H](O[C@@H]4O[C@H](CO)[C@@H](O)[C@H](O)[C@H]4O[C@@H]4O[C@H](CO)[C@@H](O)[C@H](O)[C@H]4O[C@@H]4OC[C@@H](O)[C@H](O)[C@H]4O)C(C)(C)C3CC[C@]12C. The van der Waals surface area contributed by atoms with Crippen LogP contribution >= 0.6 is 0 Å². The Balaban J connectivity index is 1.03. The van der Waals surface area contributed by atoms with Crippen LogP contribution in [0.5, 0.6) is 0 Å². The highest BCUT2D eigenvalue weighted by atomic mass is 16.8. The molecule has 8 fully saturated rings. The van der Waals surface area contributed by atoms with E-state index in [9.17, 15) is 71.5 Å². The Morgan fingerprint density at radius 2 is 1.08 bits per heavy atom. The number of hydrogen-bond donors (Lipinski definition) is 14. The third-order valence-corrected chi connectivity index (χ3v) is 20.5. The fourth-order valence-corrected chi connectivity index (χ4v) is 16.1. The van der Waals surface area contributed by atoms with E-state index < -0.39 is 166 Å². The smallest absolute Gasteiger partial charge is 0.187 e. The van der Waals surface area contributed by atoms with E-state index in [0.717, 1.165) is 24.8 Å². The molecule has 75 heavy (non-hydrogen) atoms. The topological polar surface area (TPSA) is 357 Å². The monoisotopic (exact) mass is 1080 g/mol.